The van der Waals surface area contributed by atoms with Gasteiger partial charge in [-0.15, -0.1) is 11.3 Å². The number of alkyl halides is 1. The first-order valence-corrected chi connectivity index (χ1v) is 4.88. The summed E-state index contributed by atoms with van der Waals surface area (Å²) >= 11 is 1.46. The Kier molecular flexibility index (Phi) is 2.61. The van der Waals surface area contributed by atoms with Crippen molar-refractivity contribution in [3.63, 3.8) is 0 Å². The summed E-state index contributed by atoms with van der Waals surface area (Å²) in [5.74, 6) is 0.395. The Bertz CT molecular complexity index is 267. The summed E-state index contributed by atoms with van der Waals surface area (Å²) < 4.78 is 13.4. The van der Waals surface area contributed by atoms with Gasteiger partial charge in [-0.25, -0.2) is 4.98 Å². The van der Waals surface area contributed by atoms with E-state index in [1.54, 1.807) is 21.9 Å². The maximum absolute atomic E-state index is 13.4. The second-order valence-corrected chi connectivity index (χ2v) is 4.75. The van der Waals surface area contributed by atoms with Crippen molar-refractivity contribution in [2.75, 3.05) is 0 Å². The quantitative estimate of drug-likeness (QED) is 0.612. The highest BCUT2D eigenvalue weighted by Crippen LogP contribution is 2.28. The van der Waals surface area contributed by atoms with E-state index in [1.165, 1.54) is 11.3 Å². The topological polar surface area (TPSA) is 12.9 Å². The summed E-state index contributed by atoms with van der Waals surface area (Å²) in [5.41, 5.74) is -1.25. The number of hydrogen-bond donors (Lipinski definition) is 0. The Morgan fingerprint density at radius 2 is 2.17 bits per heavy atom. The van der Waals surface area contributed by atoms with Gasteiger partial charge in [0.1, 0.15) is 15.7 Å². The summed E-state index contributed by atoms with van der Waals surface area (Å²) in [6, 6.07) is 0. The third-order valence-corrected chi connectivity index (χ3v) is 3.20. The van der Waals surface area contributed by atoms with E-state index in [1.807, 2.05) is 0 Å². The van der Waals surface area contributed by atoms with Crippen LogP contribution in [0.3, 0.4) is 0 Å². The number of nitrogens with zero attached hydrogens (tertiary/aromatic N) is 1. The standard InChI is InChI=1S/C7H12B2FNS/c1-4(2)6-11-3-5(12-6)7(8,9)10/h3-4H,8-9H2,1-2H3. The molecule has 12 heavy (non-hydrogen) atoms. The molecule has 0 spiro atoms. The van der Waals surface area contributed by atoms with Crippen LogP contribution >= 0.6 is 11.3 Å². The molecule has 5 heteroatoms. The first-order chi connectivity index (χ1) is 5.41. The lowest BCUT2D eigenvalue weighted by molar-refractivity contribution is 0.409. The van der Waals surface area contributed by atoms with Gasteiger partial charge >= 0.3 is 0 Å². The maximum atomic E-state index is 13.4. The molecule has 0 fully saturated rings. The van der Waals surface area contributed by atoms with E-state index >= 15 is 0 Å². The van der Waals surface area contributed by atoms with Crippen molar-refractivity contribution in [2.24, 2.45) is 0 Å². The van der Waals surface area contributed by atoms with Crippen LogP contribution in [-0.2, 0) is 5.47 Å². The molecule has 1 aromatic rings. The fourth-order valence-electron chi connectivity index (χ4n) is 0.829. The van der Waals surface area contributed by atoms with E-state index in [0.29, 0.717) is 10.8 Å². The Labute approximate surface area is 78.2 Å². The molecule has 0 saturated heterocycles. The minimum atomic E-state index is -1.25. The zero-order chi connectivity index (χ0) is 9.35. The van der Waals surface area contributed by atoms with Crippen molar-refractivity contribution in [1.29, 1.82) is 0 Å². The molecule has 0 radical (unpaired) electrons. The molecule has 1 nitrogen and oxygen atoms in total. The van der Waals surface area contributed by atoms with Gasteiger partial charge in [0.25, 0.3) is 0 Å². The van der Waals surface area contributed by atoms with Crippen LogP contribution in [0.15, 0.2) is 6.20 Å². The van der Waals surface area contributed by atoms with E-state index in [-0.39, 0.29) is 0 Å². The zero-order valence-electron chi connectivity index (χ0n) is 7.89. The van der Waals surface area contributed by atoms with Crippen molar-refractivity contribution in [1.82, 2.24) is 4.98 Å². The third-order valence-electron chi connectivity index (χ3n) is 1.60. The van der Waals surface area contributed by atoms with Gasteiger partial charge in [-0.2, -0.15) is 0 Å². The van der Waals surface area contributed by atoms with Gasteiger partial charge in [-0.05, 0) is 0 Å². The van der Waals surface area contributed by atoms with Gasteiger partial charge in [-0.3, -0.25) is 4.39 Å². The molecule has 1 rings (SSSR count). The zero-order valence-corrected chi connectivity index (χ0v) is 8.70. The first-order valence-electron chi connectivity index (χ1n) is 4.06. The molecule has 0 aliphatic heterocycles. The van der Waals surface area contributed by atoms with E-state index in [2.05, 4.69) is 18.8 Å². The molecule has 0 aliphatic carbocycles. The van der Waals surface area contributed by atoms with E-state index in [9.17, 15) is 4.39 Å². The number of hydrogen-bond acceptors (Lipinski definition) is 2. The molecule has 0 saturated carbocycles. The van der Waals surface area contributed by atoms with Crippen LogP contribution in [0.25, 0.3) is 0 Å². The Hall–Kier alpha value is -0.310. The molecule has 0 aliphatic rings. The van der Waals surface area contributed by atoms with Crippen LogP contribution in [0.2, 0.25) is 0 Å². The summed E-state index contributed by atoms with van der Waals surface area (Å²) in [6.07, 6.45) is 1.64. The highest BCUT2D eigenvalue weighted by molar-refractivity contribution is 7.12. The molecule has 64 valence electrons. The molecular formula is C7H12B2FNS. The summed E-state index contributed by atoms with van der Waals surface area (Å²) in [4.78, 5) is 4.87. The molecule has 1 aromatic heterocycles. The van der Waals surface area contributed by atoms with Gasteiger partial charge < -0.3 is 0 Å². The molecule has 0 aromatic carbocycles. The molecule has 1 heterocycles. The van der Waals surface area contributed by atoms with Crippen LogP contribution in [0.4, 0.5) is 4.39 Å². The van der Waals surface area contributed by atoms with Crippen LogP contribution < -0.4 is 0 Å². The summed E-state index contributed by atoms with van der Waals surface area (Å²) in [6.45, 7) is 4.13. The molecule has 0 atom stereocenters. The van der Waals surface area contributed by atoms with E-state index in [4.69, 9.17) is 0 Å². The normalized spacial score (nSPS) is 12.3. The average Bonchev–Trinajstić information content (AvgIpc) is 2.30. The van der Waals surface area contributed by atoms with Crippen molar-refractivity contribution >= 4 is 27.0 Å². The lowest BCUT2D eigenvalue weighted by Crippen LogP contribution is -2.17. The Balaban J connectivity index is 2.92. The van der Waals surface area contributed by atoms with Gasteiger partial charge in [0, 0.05) is 17.0 Å². The molecule has 0 N–H and O–H groups in total. The van der Waals surface area contributed by atoms with Gasteiger partial charge in [0.05, 0.1) is 10.5 Å². The maximum Gasteiger partial charge on any atom is 0.145 e. The second kappa shape index (κ2) is 3.21. The lowest BCUT2D eigenvalue weighted by atomic mass is 9.67. The predicted octanol–water partition coefficient (Wildman–Crippen LogP) is 0.613. The fourth-order valence-corrected chi connectivity index (χ4v) is 1.74. The van der Waals surface area contributed by atoms with Crippen molar-refractivity contribution in [3.8, 4) is 0 Å². The van der Waals surface area contributed by atoms with E-state index < -0.39 is 5.47 Å². The molecule has 0 bridgehead atoms. The minimum Gasteiger partial charge on any atom is -0.258 e. The average molecular weight is 183 g/mol. The smallest absolute Gasteiger partial charge is 0.145 e. The van der Waals surface area contributed by atoms with Gasteiger partial charge in [0.2, 0.25) is 0 Å². The van der Waals surface area contributed by atoms with Gasteiger partial charge in [-0.1, -0.05) is 13.8 Å². The SMILES string of the molecule is BC(B)(F)c1cnc(C(C)C)s1. The number of halogens is 1. The summed E-state index contributed by atoms with van der Waals surface area (Å²) in [7, 11) is 3.12. The number of aromatic nitrogens is 1. The van der Waals surface area contributed by atoms with Crippen molar-refractivity contribution in [2.45, 2.75) is 25.2 Å². The predicted molar refractivity (Wildman–Crippen MR) is 56.1 cm³/mol. The monoisotopic (exact) mass is 183 g/mol. The Morgan fingerprint density at radius 3 is 2.42 bits per heavy atom. The van der Waals surface area contributed by atoms with Crippen LogP contribution in [0.5, 0.6) is 0 Å². The lowest BCUT2D eigenvalue weighted by Gasteiger charge is -2.09. The largest absolute Gasteiger partial charge is 0.258 e. The van der Waals surface area contributed by atoms with E-state index in [0.717, 1.165) is 5.01 Å². The first kappa shape index (κ1) is 9.78. The minimum absolute atomic E-state index is 0.395. The number of thiazole rings is 1. The van der Waals surface area contributed by atoms with Crippen LogP contribution in [0.1, 0.15) is 29.7 Å². The summed E-state index contributed by atoms with van der Waals surface area (Å²) in [5, 5.41) is 1.01. The molecular weight excluding hydrogens is 171 g/mol. The highest BCUT2D eigenvalue weighted by Gasteiger charge is 2.22. The number of rotatable bonds is 2. The van der Waals surface area contributed by atoms with Crippen molar-refractivity contribution in [3.05, 3.63) is 16.1 Å². The van der Waals surface area contributed by atoms with Gasteiger partial charge in [0.15, 0.2) is 0 Å². The molecule has 0 unspecified atom stereocenters. The highest BCUT2D eigenvalue weighted by atomic mass is 32.1. The third kappa shape index (κ3) is 2.09. The molecule has 0 amide bonds. The Morgan fingerprint density at radius 1 is 1.58 bits per heavy atom. The van der Waals surface area contributed by atoms with Crippen LogP contribution in [-0.4, -0.2) is 20.7 Å². The second-order valence-electron chi connectivity index (χ2n) is 3.69. The fraction of sp³-hybridized carbons (Fsp3) is 0.571. The van der Waals surface area contributed by atoms with Crippen LogP contribution in [0, 0.1) is 0 Å². The van der Waals surface area contributed by atoms with Crippen molar-refractivity contribution < 1.29 is 4.39 Å².